The molecule has 1 atom stereocenters. The van der Waals surface area contributed by atoms with Gasteiger partial charge in [-0.1, -0.05) is 0 Å². The molecule has 0 bridgehead atoms. The number of rotatable bonds is 4. The van der Waals surface area contributed by atoms with E-state index in [2.05, 4.69) is 10.3 Å². The fourth-order valence-electron chi connectivity index (χ4n) is 2.31. The highest BCUT2D eigenvalue weighted by Gasteiger charge is 2.24. The van der Waals surface area contributed by atoms with E-state index in [4.69, 9.17) is 10.00 Å². The van der Waals surface area contributed by atoms with E-state index >= 15 is 0 Å². The maximum atomic E-state index is 11.0. The number of nitrogens with one attached hydrogen (secondary N) is 1. The molecule has 106 valence electrons. The van der Waals surface area contributed by atoms with Gasteiger partial charge >= 0.3 is 5.69 Å². The molecule has 0 spiro atoms. The van der Waals surface area contributed by atoms with E-state index in [0.717, 1.165) is 26.1 Å². The summed E-state index contributed by atoms with van der Waals surface area (Å²) in [4.78, 5) is 14.5. The average Bonchev–Trinajstić information content (AvgIpc) is 2.48. The number of nitrogens with zero attached hydrogens (tertiary/aromatic N) is 3. The van der Waals surface area contributed by atoms with E-state index in [0.29, 0.717) is 5.92 Å². The van der Waals surface area contributed by atoms with Gasteiger partial charge in [-0.3, -0.25) is 10.1 Å². The summed E-state index contributed by atoms with van der Waals surface area (Å²) in [6.45, 7) is 3.43. The van der Waals surface area contributed by atoms with Crippen LogP contribution in [0.1, 0.15) is 25.3 Å². The van der Waals surface area contributed by atoms with Crippen molar-refractivity contribution in [2.45, 2.75) is 25.8 Å². The molecule has 0 saturated carbocycles. The van der Waals surface area contributed by atoms with Gasteiger partial charge < -0.3 is 10.1 Å². The van der Waals surface area contributed by atoms with E-state index in [-0.39, 0.29) is 23.1 Å². The van der Waals surface area contributed by atoms with Crippen molar-refractivity contribution in [3.8, 4) is 6.07 Å². The molecule has 1 aromatic rings. The van der Waals surface area contributed by atoms with Gasteiger partial charge in [-0.25, -0.2) is 4.98 Å². The van der Waals surface area contributed by atoms with Crippen molar-refractivity contribution in [3.05, 3.63) is 27.9 Å². The SMILES string of the molecule is CC(Nc1ncc(C#N)cc1[N+](=O)[O-])C1CCOCC1. The summed E-state index contributed by atoms with van der Waals surface area (Å²) >= 11 is 0. The van der Waals surface area contributed by atoms with Crippen LogP contribution in [0.25, 0.3) is 0 Å². The molecule has 2 heterocycles. The quantitative estimate of drug-likeness (QED) is 0.667. The molecule has 1 saturated heterocycles. The van der Waals surface area contributed by atoms with Crippen LogP contribution in [0, 0.1) is 27.4 Å². The van der Waals surface area contributed by atoms with E-state index < -0.39 is 4.92 Å². The largest absolute Gasteiger partial charge is 0.381 e. The Bertz CT molecular complexity index is 535. The van der Waals surface area contributed by atoms with Gasteiger partial charge in [0.1, 0.15) is 6.07 Å². The first-order valence-electron chi connectivity index (χ1n) is 6.50. The number of anilines is 1. The third-order valence-electron chi connectivity index (χ3n) is 3.53. The lowest BCUT2D eigenvalue weighted by molar-refractivity contribution is -0.384. The molecule has 1 aliphatic rings. The van der Waals surface area contributed by atoms with Crippen LogP contribution < -0.4 is 5.32 Å². The maximum Gasteiger partial charge on any atom is 0.312 e. The van der Waals surface area contributed by atoms with Crippen molar-refractivity contribution in [3.63, 3.8) is 0 Å². The predicted octanol–water partition coefficient (Wildman–Crippen LogP) is 2.09. The minimum Gasteiger partial charge on any atom is -0.381 e. The lowest BCUT2D eigenvalue weighted by Crippen LogP contribution is -2.31. The standard InChI is InChI=1S/C13H16N4O3/c1-9(11-2-4-20-5-3-11)16-13-12(17(18)19)6-10(7-14)8-15-13/h6,8-9,11H,2-5H2,1H3,(H,15,16). The molecule has 0 amide bonds. The first-order chi connectivity index (χ1) is 9.61. The van der Waals surface area contributed by atoms with Crippen molar-refractivity contribution >= 4 is 11.5 Å². The molecule has 7 heteroatoms. The highest BCUT2D eigenvalue weighted by Crippen LogP contribution is 2.26. The molecular weight excluding hydrogens is 260 g/mol. The second kappa shape index (κ2) is 6.30. The molecule has 0 aromatic carbocycles. The molecule has 1 aliphatic heterocycles. The first-order valence-corrected chi connectivity index (χ1v) is 6.50. The Morgan fingerprint density at radius 1 is 1.60 bits per heavy atom. The highest BCUT2D eigenvalue weighted by atomic mass is 16.6. The van der Waals surface area contributed by atoms with Crippen LogP contribution in [0.2, 0.25) is 0 Å². The van der Waals surface area contributed by atoms with Gasteiger partial charge in [0, 0.05) is 31.5 Å². The summed E-state index contributed by atoms with van der Waals surface area (Å²) in [7, 11) is 0. The minimum atomic E-state index is -0.521. The molecule has 2 rings (SSSR count). The Morgan fingerprint density at radius 3 is 2.90 bits per heavy atom. The maximum absolute atomic E-state index is 11.0. The van der Waals surface area contributed by atoms with Crippen LogP contribution >= 0.6 is 0 Å². The summed E-state index contributed by atoms with van der Waals surface area (Å²) in [5.74, 6) is 0.619. The van der Waals surface area contributed by atoms with Crippen LogP contribution in [-0.2, 0) is 4.74 Å². The summed E-state index contributed by atoms with van der Waals surface area (Å²) in [6.07, 6.45) is 3.20. The van der Waals surface area contributed by atoms with Gasteiger partial charge in [0.2, 0.25) is 5.82 Å². The average molecular weight is 276 g/mol. The summed E-state index contributed by atoms with van der Waals surface area (Å²) in [6, 6.07) is 3.16. The molecule has 7 nitrogen and oxygen atoms in total. The smallest absolute Gasteiger partial charge is 0.312 e. The molecule has 0 aliphatic carbocycles. The monoisotopic (exact) mass is 276 g/mol. The van der Waals surface area contributed by atoms with Gasteiger partial charge in [-0.2, -0.15) is 5.26 Å². The molecule has 0 radical (unpaired) electrons. The second-order valence-corrected chi connectivity index (χ2v) is 4.84. The molecule has 1 unspecified atom stereocenters. The molecule has 1 fully saturated rings. The fraction of sp³-hybridized carbons (Fsp3) is 0.538. The lowest BCUT2D eigenvalue weighted by Gasteiger charge is -2.28. The van der Waals surface area contributed by atoms with Crippen LogP contribution in [0.5, 0.6) is 0 Å². The Balaban J connectivity index is 2.15. The molecule has 1 N–H and O–H groups in total. The number of nitro groups is 1. The second-order valence-electron chi connectivity index (χ2n) is 4.84. The van der Waals surface area contributed by atoms with Crippen LogP contribution in [-0.4, -0.2) is 29.2 Å². The van der Waals surface area contributed by atoms with Gasteiger partial charge in [0.15, 0.2) is 0 Å². The summed E-state index contributed by atoms with van der Waals surface area (Å²) in [5, 5.41) is 22.9. The van der Waals surface area contributed by atoms with Gasteiger partial charge in [-0.05, 0) is 25.7 Å². The zero-order valence-electron chi connectivity index (χ0n) is 11.2. The normalized spacial score (nSPS) is 17.2. The third-order valence-corrected chi connectivity index (χ3v) is 3.53. The number of nitriles is 1. The van der Waals surface area contributed by atoms with E-state index in [1.807, 2.05) is 13.0 Å². The first kappa shape index (κ1) is 14.2. The van der Waals surface area contributed by atoms with Crippen molar-refractivity contribution in [2.24, 2.45) is 5.92 Å². The van der Waals surface area contributed by atoms with Crippen molar-refractivity contribution in [2.75, 3.05) is 18.5 Å². The number of aromatic nitrogens is 1. The van der Waals surface area contributed by atoms with Crippen LogP contribution in [0.3, 0.4) is 0 Å². The Kier molecular flexibility index (Phi) is 4.48. The van der Waals surface area contributed by atoms with Gasteiger partial charge in [0.05, 0.1) is 10.5 Å². The number of hydrogen-bond donors (Lipinski definition) is 1. The van der Waals surface area contributed by atoms with Gasteiger partial charge in [-0.15, -0.1) is 0 Å². The Hall–Kier alpha value is -2.20. The predicted molar refractivity (Wildman–Crippen MR) is 72.2 cm³/mol. The van der Waals surface area contributed by atoms with Crippen molar-refractivity contribution in [1.29, 1.82) is 5.26 Å². The summed E-state index contributed by atoms with van der Waals surface area (Å²) in [5.41, 5.74) is 0.0175. The Morgan fingerprint density at radius 2 is 2.30 bits per heavy atom. The number of hydrogen-bond acceptors (Lipinski definition) is 6. The van der Waals surface area contributed by atoms with E-state index in [9.17, 15) is 10.1 Å². The lowest BCUT2D eigenvalue weighted by atomic mass is 9.93. The van der Waals surface area contributed by atoms with Crippen LogP contribution in [0.15, 0.2) is 12.3 Å². The minimum absolute atomic E-state index is 0.0676. The van der Waals surface area contributed by atoms with Crippen molar-refractivity contribution in [1.82, 2.24) is 4.98 Å². The van der Waals surface area contributed by atoms with Gasteiger partial charge in [0.25, 0.3) is 0 Å². The number of ether oxygens (including phenoxy) is 1. The molecule has 1 aromatic heterocycles. The topological polar surface area (TPSA) is 101 Å². The Labute approximate surface area is 116 Å². The zero-order valence-corrected chi connectivity index (χ0v) is 11.2. The van der Waals surface area contributed by atoms with E-state index in [1.54, 1.807) is 0 Å². The zero-order chi connectivity index (χ0) is 14.5. The highest BCUT2D eigenvalue weighted by molar-refractivity contribution is 5.58. The fourth-order valence-corrected chi connectivity index (χ4v) is 2.31. The number of pyridine rings is 1. The molecular formula is C13H16N4O3. The van der Waals surface area contributed by atoms with Crippen molar-refractivity contribution < 1.29 is 9.66 Å². The van der Waals surface area contributed by atoms with Crippen LogP contribution in [0.4, 0.5) is 11.5 Å². The summed E-state index contributed by atoms with van der Waals surface area (Å²) < 4.78 is 5.30. The van der Waals surface area contributed by atoms with E-state index in [1.165, 1.54) is 12.3 Å². The third kappa shape index (κ3) is 3.22. The molecule has 20 heavy (non-hydrogen) atoms.